The molecule has 0 aromatic heterocycles. The van der Waals surface area contributed by atoms with Crippen LogP contribution in [0.3, 0.4) is 0 Å². The summed E-state index contributed by atoms with van der Waals surface area (Å²) in [6, 6.07) is 15.4. The number of hydrogen-bond donors (Lipinski definition) is 3. The maximum absolute atomic E-state index is 13.4. The molecule has 1 aliphatic heterocycles. The molecule has 3 N–H and O–H groups in total. The first kappa shape index (κ1) is 37.7. The van der Waals surface area contributed by atoms with Gasteiger partial charge in [-0.15, -0.1) is 0 Å². The highest BCUT2D eigenvalue weighted by Crippen LogP contribution is 2.35. The van der Waals surface area contributed by atoms with E-state index in [0.717, 1.165) is 36.9 Å². The Morgan fingerprint density at radius 3 is 2.45 bits per heavy atom. The van der Waals surface area contributed by atoms with Gasteiger partial charge in [0.15, 0.2) is 0 Å². The number of aliphatic imine (C=N–C) groups is 1. The Labute approximate surface area is 293 Å². The Bertz CT molecular complexity index is 1380. The van der Waals surface area contributed by atoms with E-state index in [-0.39, 0.29) is 29.7 Å². The molecule has 4 amide bonds. The van der Waals surface area contributed by atoms with E-state index < -0.39 is 6.03 Å². The van der Waals surface area contributed by atoms with E-state index >= 15 is 0 Å². The number of rotatable bonds is 16. The van der Waals surface area contributed by atoms with Crippen LogP contribution >= 0.6 is 0 Å². The molecule has 0 unspecified atom stereocenters. The van der Waals surface area contributed by atoms with Crippen LogP contribution in [0.2, 0.25) is 0 Å². The zero-order valence-electron chi connectivity index (χ0n) is 30.2. The molecule has 0 atom stereocenters. The van der Waals surface area contributed by atoms with Crippen molar-refractivity contribution in [2.24, 2.45) is 10.4 Å². The lowest BCUT2D eigenvalue weighted by Crippen LogP contribution is -2.51. The van der Waals surface area contributed by atoms with Crippen LogP contribution in [0.15, 0.2) is 53.5 Å². The summed E-state index contributed by atoms with van der Waals surface area (Å²) >= 11 is 0. The number of unbranched alkanes of at least 4 members (excludes halogenated alkanes) is 3. The Kier molecular flexibility index (Phi) is 14.8. The summed E-state index contributed by atoms with van der Waals surface area (Å²) < 4.78 is 6.24. The van der Waals surface area contributed by atoms with E-state index in [2.05, 4.69) is 48.5 Å². The van der Waals surface area contributed by atoms with Gasteiger partial charge >= 0.3 is 6.03 Å². The maximum Gasteiger partial charge on any atom is 0.321 e. The van der Waals surface area contributed by atoms with Crippen LogP contribution in [0.4, 0.5) is 10.5 Å². The van der Waals surface area contributed by atoms with Crippen LogP contribution in [0.25, 0.3) is 0 Å². The molecule has 2 aromatic rings. The summed E-state index contributed by atoms with van der Waals surface area (Å²) in [5.41, 5.74) is 2.43. The number of benzene rings is 2. The number of carbonyl (C=O) groups is 3. The number of fused-ring (bicyclic) bond motifs is 1. The van der Waals surface area contributed by atoms with Gasteiger partial charge in [0.1, 0.15) is 18.0 Å². The number of urea groups is 1. The molecule has 4 rings (SSSR count). The first-order valence-corrected chi connectivity index (χ1v) is 18.4. The van der Waals surface area contributed by atoms with Crippen molar-refractivity contribution in [2.45, 2.75) is 117 Å². The molecular weight excluding hydrogens is 616 g/mol. The number of amides is 4. The lowest BCUT2D eigenvalue weighted by molar-refractivity contribution is -0.134. The summed E-state index contributed by atoms with van der Waals surface area (Å²) in [5, 5.41) is 8.75. The molecule has 2 aromatic carbocycles. The molecule has 0 radical (unpaired) electrons. The molecule has 10 heteroatoms. The van der Waals surface area contributed by atoms with E-state index in [4.69, 9.17) is 9.73 Å². The van der Waals surface area contributed by atoms with Gasteiger partial charge in [-0.25, -0.2) is 9.79 Å². The molecule has 10 nitrogen and oxygen atoms in total. The van der Waals surface area contributed by atoms with Crippen LogP contribution in [0.5, 0.6) is 5.75 Å². The van der Waals surface area contributed by atoms with E-state index in [0.29, 0.717) is 56.6 Å². The van der Waals surface area contributed by atoms with Gasteiger partial charge in [0.05, 0.1) is 6.61 Å². The number of para-hydroxylation sites is 1. The number of ether oxygens (including phenoxy) is 1. The van der Waals surface area contributed by atoms with Crippen LogP contribution in [-0.2, 0) is 22.7 Å². The van der Waals surface area contributed by atoms with Gasteiger partial charge < -0.3 is 25.2 Å². The largest absolute Gasteiger partial charge is 0.491 e. The second kappa shape index (κ2) is 19.2. The lowest BCUT2D eigenvalue weighted by Gasteiger charge is -2.34. The molecule has 1 fully saturated rings. The highest BCUT2D eigenvalue weighted by atomic mass is 16.5. The first-order chi connectivity index (χ1) is 23.6. The van der Waals surface area contributed by atoms with Crippen LogP contribution in [0.1, 0.15) is 109 Å². The van der Waals surface area contributed by atoms with Gasteiger partial charge in [-0.1, -0.05) is 109 Å². The third-order valence-corrected chi connectivity index (χ3v) is 9.01. The number of carbonyl (C=O) groups excluding carboxylic acids is 3. The standard InChI is InChI=1S/C39H58N6O4/c1-5-6-7-14-24-45(32-20-12-9-13-21-32)35(47)23-16-25-49-33-22-15-19-31-27-44(28-34(46)41-29-39(2,3)4)37(42-36(31)33)43-38(48)40-26-30-17-10-8-11-18-30/h8,10-11,15,17-19,22,32H,5-7,9,12-14,16,20-21,23-29H2,1-4H3,(H,41,46)(H2,40,42,43,48). The smallest absolute Gasteiger partial charge is 0.321 e. The molecule has 0 saturated heterocycles. The number of nitrogens with one attached hydrogen (secondary N) is 3. The SMILES string of the molecule is CCCCCCN(C(=O)CCCOc1cccc2c1N=C(NC(=O)NCc1ccccc1)N(CC(=O)NCC(C)(C)C)C2)C1CCCCC1. The minimum Gasteiger partial charge on any atom is -0.491 e. The Balaban J connectivity index is 1.40. The molecule has 1 aliphatic carbocycles. The summed E-state index contributed by atoms with van der Waals surface area (Å²) in [5.74, 6) is 0.951. The van der Waals surface area contributed by atoms with Gasteiger partial charge in [0, 0.05) is 44.2 Å². The van der Waals surface area contributed by atoms with Gasteiger partial charge in [-0.05, 0) is 42.7 Å². The molecule has 2 aliphatic rings. The Morgan fingerprint density at radius 2 is 1.71 bits per heavy atom. The summed E-state index contributed by atoms with van der Waals surface area (Å²) in [6.07, 6.45) is 11.6. The minimum absolute atomic E-state index is 0.0381. The topological polar surface area (TPSA) is 115 Å². The Hall–Kier alpha value is -4.08. The minimum atomic E-state index is -0.416. The first-order valence-electron chi connectivity index (χ1n) is 18.4. The van der Waals surface area contributed by atoms with Crippen molar-refractivity contribution in [2.75, 3.05) is 26.2 Å². The van der Waals surface area contributed by atoms with E-state index in [1.165, 1.54) is 38.5 Å². The van der Waals surface area contributed by atoms with Crippen molar-refractivity contribution in [1.82, 2.24) is 25.8 Å². The van der Waals surface area contributed by atoms with Crippen LogP contribution < -0.4 is 20.7 Å². The second-order valence-corrected chi connectivity index (χ2v) is 14.6. The molecule has 0 bridgehead atoms. The van der Waals surface area contributed by atoms with Crippen molar-refractivity contribution in [3.05, 3.63) is 59.7 Å². The molecule has 268 valence electrons. The fourth-order valence-electron chi connectivity index (χ4n) is 6.31. The van der Waals surface area contributed by atoms with E-state index in [1.807, 2.05) is 48.5 Å². The van der Waals surface area contributed by atoms with Crippen molar-refractivity contribution < 1.29 is 19.1 Å². The summed E-state index contributed by atoms with van der Waals surface area (Å²) in [7, 11) is 0. The highest BCUT2D eigenvalue weighted by molar-refractivity contribution is 6.00. The maximum atomic E-state index is 13.4. The van der Waals surface area contributed by atoms with Gasteiger partial charge in [0.25, 0.3) is 0 Å². The van der Waals surface area contributed by atoms with Gasteiger partial charge in [-0.3, -0.25) is 14.9 Å². The van der Waals surface area contributed by atoms with Crippen molar-refractivity contribution >= 4 is 29.5 Å². The number of hydrogen-bond acceptors (Lipinski definition) is 6. The van der Waals surface area contributed by atoms with Gasteiger partial charge in [0.2, 0.25) is 17.8 Å². The lowest BCUT2D eigenvalue weighted by atomic mass is 9.93. The Morgan fingerprint density at radius 1 is 0.939 bits per heavy atom. The summed E-state index contributed by atoms with van der Waals surface area (Å²) in [6.45, 7) is 10.9. The third kappa shape index (κ3) is 12.7. The average Bonchev–Trinajstić information content (AvgIpc) is 3.09. The summed E-state index contributed by atoms with van der Waals surface area (Å²) in [4.78, 5) is 48.2. The fourth-order valence-corrected chi connectivity index (χ4v) is 6.31. The zero-order valence-corrected chi connectivity index (χ0v) is 30.2. The predicted octanol–water partition coefficient (Wildman–Crippen LogP) is 7.05. The predicted molar refractivity (Wildman–Crippen MR) is 196 cm³/mol. The quantitative estimate of drug-likeness (QED) is 0.165. The molecule has 49 heavy (non-hydrogen) atoms. The van der Waals surface area contributed by atoms with E-state index in [9.17, 15) is 14.4 Å². The normalized spacial score (nSPS) is 14.8. The third-order valence-electron chi connectivity index (χ3n) is 9.01. The van der Waals surface area contributed by atoms with E-state index in [1.54, 1.807) is 4.90 Å². The van der Waals surface area contributed by atoms with Crippen LogP contribution in [0, 0.1) is 5.41 Å². The van der Waals surface area contributed by atoms with Crippen LogP contribution in [-0.4, -0.2) is 65.9 Å². The molecule has 1 heterocycles. The van der Waals surface area contributed by atoms with Gasteiger partial charge in [-0.2, -0.15) is 0 Å². The second-order valence-electron chi connectivity index (χ2n) is 14.6. The average molecular weight is 675 g/mol. The van der Waals surface area contributed by atoms with Crippen molar-refractivity contribution in [3.63, 3.8) is 0 Å². The molecule has 0 spiro atoms. The zero-order chi connectivity index (χ0) is 35.1. The number of nitrogens with zero attached hydrogens (tertiary/aromatic N) is 3. The molecular formula is C39H58N6O4. The fraction of sp³-hybridized carbons (Fsp3) is 0.590. The highest BCUT2D eigenvalue weighted by Gasteiger charge is 2.27. The number of guanidine groups is 1. The van der Waals surface area contributed by atoms with Crippen molar-refractivity contribution in [3.8, 4) is 5.75 Å². The molecule has 1 saturated carbocycles. The van der Waals surface area contributed by atoms with Crippen molar-refractivity contribution in [1.29, 1.82) is 0 Å². The monoisotopic (exact) mass is 674 g/mol.